The Morgan fingerprint density at radius 2 is 2.33 bits per heavy atom. The topological polar surface area (TPSA) is 32.3 Å². The van der Waals surface area contributed by atoms with Crippen molar-refractivity contribution in [3.63, 3.8) is 0 Å². The van der Waals surface area contributed by atoms with Crippen molar-refractivity contribution >= 4 is 17.7 Å². The first kappa shape index (κ1) is 12.8. The maximum absolute atomic E-state index is 12.0. The molecule has 0 aromatic carbocycles. The molecule has 2 atom stereocenters. The van der Waals surface area contributed by atoms with Crippen molar-refractivity contribution in [1.29, 1.82) is 0 Å². The summed E-state index contributed by atoms with van der Waals surface area (Å²) in [5.41, 5.74) is 0. The Morgan fingerprint density at radius 3 is 2.93 bits per heavy atom. The highest BCUT2D eigenvalue weighted by Crippen LogP contribution is 2.15. The number of hydrogen-bond donors (Lipinski definition) is 1. The summed E-state index contributed by atoms with van der Waals surface area (Å²) in [6.07, 6.45) is 2.03. The van der Waals surface area contributed by atoms with Gasteiger partial charge >= 0.3 is 0 Å². The lowest BCUT2D eigenvalue weighted by molar-refractivity contribution is -0.130. The zero-order chi connectivity index (χ0) is 11.3. The van der Waals surface area contributed by atoms with Crippen LogP contribution in [0.25, 0.3) is 0 Å². The normalized spacial score (nSPS) is 23.5. The molecule has 0 aromatic rings. The van der Waals surface area contributed by atoms with Crippen LogP contribution in [-0.2, 0) is 4.79 Å². The van der Waals surface area contributed by atoms with Crippen LogP contribution in [-0.4, -0.2) is 41.1 Å². The van der Waals surface area contributed by atoms with E-state index < -0.39 is 0 Å². The van der Waals surface area contributed by atoms with Gasteiger partial charge in [-0.2, -0.15) is 11.8 Å². The quantitative estimate of drug-likeness (QED) is 0.753. The molecule has 2 unspecified atom stereocenters. The molecule has 15 heavy (non-hydrogen) atoms. The maximum Gasteiger partial charge on any atom is 0.241 e. The number of hydrogen-bond acceptors (Lipinski definition) is 3. The minimum Gasteiger partial charge on any atom is -0.325 e. The van der Waals surface area contributed by atoms with E-state index in [-0.39, 0.29) is 6.04 Å². The third-order valence-electron chi connectivity index (χ3n) is 2.76. The molecule has 1 fully saturated rings. The number of amides is 1. The Bertz CT molecular complexity index is 211. The number of nitrogens with one attached hydrogen (secondary N) is 1. The fourth-order valence-electron chi connectivity index (χ4n) is 1.84. The van der Waals surface area contributed by atoms with Crippen molar-refractivity contribution in [3.05, 3.63) is 0 Å². The largest absolute Gasteiger partial charge is 0.325 e. The van der Waals surface area contributed by atoms with E-state index in [0.29, 0.717) is 11.9 Å². The molecular formula is C11H22N2OS. The van der Waals surface area contributed by atoms with E-state index in [1.165, 1.54) is 0 Å². The predicted molar refractivity (Wildman–Crippen MR) is 66.0 cm³/mol. The van der Waals surface area contributed by atoms with Crippen LogP contribution in [0.15, 0.2) is 0 Å². The third kappa shape index (κ3) is 3.38. The number of carbonyl (C=O) groups excluding carboxylic acids is 1. The molecule has 0 aliphatic carbocycles. The highest BCUT2D eigenvalue weighted by Gasteiger charge is 2.32. The van der Waals surface area contributed by atoms with Crippen LogP contribution in [0.5, 0.6) is 0 Å². The molecule has 3 nitrogen and oxygen atoms in total. The van der Waals surface area contributed by atoms with Crippen LogP contribution in [0.3, 0.4) is 0 Å². The van der Waals surface area contributed by atoms with Gasteiger partial charge in [-0.3, -0.25) is 10.1 Å². The molecule has 0 radical (unpaired) electrons. The Labute approximate surface area is 97.0 Å². The van der Waals surface area contributed by atoms with Crippen molar-refractivity contribution in [3.8, 4) is 0 Å². The molecule has 4 heteroatoms. The smallest absolute Gasteiger partial charge is 0.241 e. The van der Waals surface area contributed by atoms with Gasteiger partial charge in [-0.05, 0) is 19.1 Å². The van der Waals surface area contributed by atoms with Gasteiger partial charge in [0.25, 0.3) is 0 Å². The second-order valence-electron chi connectivity index (χ2n) is 4.02. The van der Waals surface area contributed by atoms with Crippen LogP contribution in [0, 0.1) is 0 Å². The lowest BCUT2D eigenvalue weighted by Crippen LogP contribution is -2.38. The lowest BCUT2D eigenvalue weighted by Gasteiger charge is -2.23. The second kappa shape index (κ2) is 6.38. The number of rotatable bonds is 6. The molecule has 0 aromatic heterocycles. The van der Waals surface area contributed by atoms with Crippen molar-refractivity contribution in [2.24, 2.45) is 0 Å². The lowest BCUT2D eigenvalue weighted by atomic mass is 10.1. The molecule has 1 N–H and O–H groups in total. The van der Waals surface area contributed by atoms with Gasteiger partial charge in [0, 0.05) is 11.8 Å². The summed E-state index contributed by atoms with van der Waals surface area (Å²) in [5.74, 6) is 2.46. The van der Waals surface area contributed by atoms with Gasteiger partial charge in [-0.25, -0.2) is 0 Å². The summed E-state index contributed by atoms with van der Waals surface area (Å²) in [4.78, 5) is 13.9. The molecule has 1 saturated heterocycles. The first-order chi connectivity index (χ1) is 7.20. The molecule has 1 aliphatic rings. The minimum absolute atomic E-state index is 0.0732. The SMILES string of the molecule is CCCC1NCN(C(C)CSCC)C1=O. The van der Waals surface area contributed by atoms with E-state index in [0.717, 1.165) is 31.0 Å². The Morgan fingerprint density at radius 1 is 1.60 bits per heavy atom. The van der Waals surface area contributed by atoms with Crippen LogP contribution in [0.1, 0.15) is 33.6 Å². The highest BCUT2D eigenvalue weighted by atomic mass is 32.2. The van der Waals surface area contributed by atoms with Gasteiger partial charge < -0.3 is 4.90 Å². The average Bonchev–Trinajstić information content (AvgIpc) is 2.58. The van der Waals surface area contributed by atoms with Gasteiger partial charge in [-0.15, -0.1) is 0 Å². The molecule has 88 valence electrons. The molecule has 0 saturated carbocycles. The Balaban J connectivity index is 2.40. The molecule has 1 heterocycles. The summed E-state index contributed by atoms with van der Waals surface area (Å²) in [6.45, 7) is 7.14. The fourth-order valence-corrected chi connectivity index (χ4v) is 2.60. The molecular weight excluding hydrogens is 208 g/mol. The van der Waals surface area contributed by atoms with E-state index in [1.54, 1.807) is 0 Å². The molecule has 0 bridgehead atoms. The maximum atomic E-state index is 12.0. The minimum atomic E-state index is 0.0732. The average molecular weight is 230 g/mol. The van der Waals surface area contributed by atoms with Gasteiger partial charge in [0.05, 0.1) is 12.7 Å². The first-order valence-electron chi connectivity index (χ1n) is 5.82. The third-order valence-corrected chi connectivity index (χ3v) is 3.89. The molecule has 1 amide bonds. The van der Waals surface area contributed by atoms with Crippen molar-refractivity contribution < 1.29 is 4.79 Å². The zero-order valence-electron chi connectivity index (χ0n) is 9.95. The molecule has 0 spiro atoms. The van der Waals surface area contributed by atoms with Crippen molar-refractivity contribution in [1.82, 2.24) is 10.2 Å². The predicted octanol–water partition coefficient (Wildman–Crippen LogP) is 1.69. The van der Waals surface area contributed by atoms with Gasteiger partial charge in [0.2, 0.25) is 5.91 Å². The second-order valence-corrected chi connectivity index (χ2v) is 5.34. The van der Waals surface area contributed by atoms with Crippen LogP contribution in [0.4, 0.5) is 0 Å². The monoisotopic (exact) mass is 230 g/mol. The first-order valence-corrected chi connectivity index (χ1v) is 6.97. The zero-order valence-corrected chi connectivity index (χ0v) is 10.8. The molecule has 1 rings (SSSR count). The van der Waals surface area contributed by atoms with Crippen molar-refractivity contribution in [2.45, 2.75) is 45.7 Å². The summed E-state index contributed by atoms with van der Waals surface area (Å²) >= 11 is 1.90. The molecule has 1 aliphatic heterocycles. The van der Waals surface area contributed by atoms with Gasteiger partial charge in [0.1, 0.15) is 0 Å². The number of carbonyl (C=O) groups is 1. The highest BCUT2D eigenvalue weighted by molar-refractivity contribution is 7.99. The van der Waals surface area contributed by atoms with Crippen LogP contribution in [0.2, 0.25) is 0 Å². The summed E-state index contributed by atoms with van der Waals surface area (Å²) in [7, 11) is 0. The van der Waals surface area contributed by atoms with E-state index in [4.69, 9.17) is 0 Å². The Hall–Kier alpha value is -0.220. The number of nitrogens with zero attached hydrogens (tertiary/aromatic N) is 1. The Kier molecular flexibility index (Phi) is 5.47. The fraction of sp³-hybridized carbons (Fsp3) is 0.909. The summed E-state index contributed by atoms with van der Waals surface area (Å²) in [5, 5.41) is 3.28. The van der Waals surface area contributed by atoms with E-state index in [9.17, 15) is 4.79 Å². The van der Waals surface area contributed by atoms with Crippen LogP contribution >= 0.6 is 11.8 Å². The number of thioether (sulfide) groups is 1. The van der Waals surface area contributed by atoms with Gasteiger partial charge in [0.15, 0.2) is 0 Å². The van der Waals surface area contributed by atoms with Crippen LogP contribution < -0.4 is 5.32 Å². The van der Waals surface area contributed by atoms with Gasteiger partial charge in [-0.1, -0.05) is 20.3 Å². The standard InChI is InChI=1S/C11H22N2OS/c1-4-6-10-11(14)13(8-12-10)9(3)7-15-5-2/h9-10,12H,4-8H2,1-3H3. The summed E-state index contributed by atoms with van der Waals surface area (Å²) < 4.78 is 0. The van der Waals surface area contributed by atoms with E-state index in [1.807, 2.05) is 16.7 Å². The van der Waals surface area contributed by atoms with Crippen molar-refractivity contribution in [2.75, 3.05) is 18.2 Å². The van der Waals surface area contributed by atoms with E-state index >= 15 is 0 Å². The summed E-state index contributed by atoms with van der Waals surface area (Å²) in [6, 6.07) is 0.431. The van der Waals surface area contributed by atoms with E-state index in [2.05, 4.69) is 26.1 Å².